The maximum absolute atomic E-state index is 14.0. The number of amides is 1. The second kappa shape index (κ2) is 8.70. The molecule has 0 unspecified atom stereocenters. The Kier molecular flexibility index (Phi) is 6.12. The van der Waals surface area contributed by atoms with Gasteiger partial charge in [-0.2, -0.15) is 0 Å². The molecule has 4 rings (SSSR count). The molecule has 7 heteroatoms. The fourth-order valence-electron chi connectivity index (χ4n) is 4.51. The van der Waals surface area contributed by atoms with Crippen molar-refractivity contribution in [2.24, 2.45) is 5.92 Å². The van der Waals surface area contributed by atoms with E-state index in [-0.39, 0.29) is 5.69 Å². The Morgan fingerprint density at radius 1 is 1.16 bits per heavy atom. The minimum Gasteiger partial charge on any atom is -0.482 e. The van der Waals surface area contributed by atoms with Crippen molar-refractivity contribution in [1.29, 1.82) is 0 Å². The number of rotatable bonds is 4. The lowest BCUT2D eigenvalue weighted by Crippen LogP contribution is -2.31. The van der Waals surface area contributed by atoms with Crippen LogP contribution in [0.25, 0.3) is 5.57 Å². The molecule has 2 N–H and O–H groups in total. The maximum Gasteiger partial charge on any atom is 0.338 e. The number of ether oxygens (including phenoxy) is 1. The van der Waals surface area contributed by atoms with Gasteiger partial charge in [0.1, 0.15) is 17.2 Å². The van der Waals surface area contributed by atoms with Crippen molar-refractivity contribution >= 4 is 39.1 Å². The van der Waals surface area contributed by atoms with E-state index in [4.69, 9.17) is 9.84 Å². The van der Waals surface area contributed by atoms with Gasteiger partial charge in [-0.25, -0.2) is 9.18 Å². The zero-order chi connectivity index (χ0) is 23.0. The van der Waals surface area contributed by atoms with Gasteiger partial charge in [-0.1, -0.05) is 19.3 Å². The monoisotopic (exact) mass is 501 g/mol. The van der Waals surface area contributed by atoms with Crippen LogP contribution >= 0.6 is 15.9 Å². The number of allylic oxidation sites excluding steroid dienone is 1. The first-order valence-corrected chi connectivity index (χ1v) is 11.5. The number of carbonyl (C=O) groups excluding carboxylic acids is 1. The van der Waals surface area contributed by atoms with Crippen LogP contribution in [-0.4, -0.2) is 22.6 Å². The van der Waals surface area contributed by atoms with E-state index in [9.17, 15) is 14.0 Å². The number of aromatic carboxylic acids is 1. The van der Waals surface area contributed by atoms with Crippen molar-refractivity contribution < 1.29 is 23.8 Å². The van der Waals surface area contributed by atoms with Crippen LogP contribution in [0.15, 0.2) is 40.9 Å². The first kappa shape index (κ1) is 22.5. The molecule has 1 fully saturated rings. The van der Waals surface area contributed by atoms with Crippen molar-refractivity contribution in [2.45, 2.75) is 51.6 Å². The number of carboxylic acid groups (broad SMARTS) is 1. The fraction of sp³-hybridized carbons (Fsp3) is 0.360. The number of anilines is 1. The Bertz CT molecular complexity index is 1120. The average Bonchev–Trinajstić information content (AvgIpc) is 2.73. The highest BCUT2D eigenvalue weighted by Crippen LogP contribution is 2.47. The van der Waals surface area contributed by atoms with Crippen LogP contribution < -0.4 is 10.1 Å². The van der Waals surface area contributed by atoms with E-state index < -0.39 is 28.9 Å². The number of carboxylic acids is 1. The third-order valence-corrected chi connectivity index (χ3v) is 6.58. The lowest BCUT2D eigenvalue weighted by Gasteiger charge is -2.36. The number of nitrogens with one attached hydrogen (secondary N) is 1. The lowest BCUT2D eigenvalue weighted by atomic mass is 9.78. The number of halogens is 2. The van der Waals surface area contributed by atoms with Crippen molar-refractivity contribution in [3.8, 4) is 5.75 Å². The van der Waals surface area contributed by atoms with E-state index in [0.29, 0.717) is 16.0 Å². The van der Waals surface area contributed by atoms with E-state index in [1.165, 1.54) is 30.9 Å². The van der Waals surface area contributed by atoms with Crippen LogP contribution in [0.3, 0.4) is 0 Å². The predicted molar refractivity (Wildman–Crippen MR) is 125 cm³/mol. The van der Waals surface area contributed by atoms with Crippen LogP contribution in [0.1, 0.15) is 72.2 Å². The molecule has 0 aromatic heterocycles. The van der Waals surface area contributed by atoms with Crippen LogP contribution in [0.2, 0.25) is 0 Å². The average molecular weight is 502 g/mol. The molecule has 1 amide bonds. The standard InChI is InChI=1S/C25H25BrFNO4/c1-25(2)13-19(14-6-4-3-5-7-14)18-10-15(11-20(26)22(18)32-25)23(29)28-16-8-9-17(24(30)31)21(27)12-16/h8-14H,3-7H2,1-2H3,(H,28,29)(H,30,31). The summed E-state index contributed by atoms with van der Waals surface area (Å²) in [5.41, 5.74) is 1.82. The second-order valence-electron chi connectivity index (χ2n) is 8.93. The molecule has 2 aromatic rings. The van der Waals surface area contributed by atoms with Gasteiger partial charge in [0.15, 0.2) is 0 Å². The molecule has 32 heavy (non-hydrogen) atoms. The largest absolute Gasteiger partial charge is 0.482 e. The summed E-state index contributed by atoms with van der Waals surface area (Å²) < 4.78 is 20.9. The molecule has 1 aliphatic carbocycles. The van der Waals surface area contributed by atoms with E-state index in [1.807, 2.05) is 19.9 Å². The summed E-state index contributed by atoms with van der Waals surface area (Å²) in [6.45, 7) is 4.06. The molecule has 1 saturated carbocycles. The molecule has 0 spiro atoms. The first-order chi connectivity index (χ1) is 15.1. The summed E-state index contributed by atoms with van der Waals surface area (Å²) in [5.74, 6) is -1.52. The van der Waals surface area contributed by atoms with Gasteiger partial charge in [-0.05, 0) is 90.5 Å². The Labute approximate surface area is 194 Å². The quantitative estimate of drug-likeness (QED) is 0.490. The van der Waals surface area contributed by atoms with Gasteiger partial charge in [-0.3, -0.25) is 4.79 Å². The van der Waals surface area contributed by atoms with Crippen LogP contribution in [0, 0.1) is 11.7 Å². The Morgan fingerprint density at radius 2 is 1.88 bits per heavy atom. The third kappa shape index (κ3) is 4.58. The summed E-state index contributed by atoms with van der Waals surface area (Å²) >= 11 is 3.57. The molecule has 0 atom stereocenters. The van der Waals surface area contributed by atoms with Gasteiger partial charge >= 0.3 is 5.97 Å². The van der Waals surface area contributed by atoms with Gasteiger partial charge in [0, 0.05) is 16.8 Å². The Balaban J connectivity index is 1.67. The SMILES string of the molecule is CC1(C)C=C(C2CCCCC2)c2cc(C(=O)Nc3ccc(C(=O)O)c(F)c3)cc(Br)c2O1. The molecule has 1 aliphatic heterocycles. The van der Waals surface area contributed by atoms with Crippen molar-refractivity contribution in [3.63, 3.8) is 0 Å². The van der Waals surface area contributed by atoms with E-state index in [1.54, 1.807) is 6.07 Å². The van der Waals surface area contributed by atoms with Gasteiger partial charge < -0.3 is 15.2 Å². The molecule has 2 aromatic carbocycles. The van der Waals surface area contributed by atoms with Crippen molar-refractivity contribution in [1.82, 2.24) is 0 Å². The first-order valence-electron chi connectivity index (χ1n) is 10.7. The van der Waals surface area contributed by atoms with Gasteiger partial charge in [0.25, 0.3) is 5.91 Å². The third-order valence-electron chi connectivity index (χ3n) is 5.99. The molecule has 168 valence electrons. The Morgan fingerprint density at radius 3 is 2.53 bits per heavy atom. The fourth-order valence-corrected chi connectivity index (χ4v) is 5.05. The molecule has 0 radical (unpaired) electrons. The topological polar surface area (TPSA) is 75.6 Å². The molecule has 0 saturated heterocycles. The van der Waals surface area contributed by atoms with Crippen molar-refractivity contribution in [3.05, 3.63) is 63.4 Å². The lowest BCUT2D eigenvalue weighted by molar-refractivity contribution is 0.0691. The van der Waals surface area contributed by atoms with E-state index >= 15 is 0 Å². The smallest absolute Gasteiger partial charge is 0.338 e. The van der Waals surface area contributed by atoms with E-state index in [0.717, 1.165) is 36.3 Å². The molecule has 1 heterocycles. The normalized spacial score (nSPS) is 17.7. The number of carbonyl (C=O) groups is 2. The van der Waals surface area contributed by atoms with Gasteiger partial charge in [0.2, 0.25) is 0 Å². The number of hydrogen-bond acceptors (Lipinski definition) is 3. The second-order valence-corrected chi connectivity index (χ2v) is 9.78. The number of benzene rings is 2. The van der Waals surface area contributed by atoms with Gasteiger partial charge in [0.05, 0.1) is 10.0 Å². The number of fused-ring (bicyclic) bond motifs is 1. The Hall–Kier alpha value is -2.67. The maximum atomic E-state index is 14.0. The molecule has 0 bridgehead atoms. The predicted octanol–water partition coefficient (Wildman–Crippen LogP) is 6.67. The summed E-state index contributed by atoms with van der Waals surface area (Å²) in [7, 11) is 0. The van der Waals surface area contributed by atoms with Crippen molar-refractivity contribution in [2.75, 3.05) is 5.32 Å². The summed E-state index contributed by atoms with van der Waals surface area (Å²) in [6, 6.07) is 7.03. The molecule has 2 aliphatic rings. The zero-order valence-corrected chi connectivity index (χ0v) is 19.6. The minimum atomic E-state index is -1.36. The highest BCUT2D eigenvalue weighted by molar-refractivity contribution is 9.10. The zero-order valence-electron chi connectivity index (χ0n) is 18.0. The minimum absolute atomic E-state index is 0.187. The molecular weight excluding hydrogens is 477 g/mol. The molecular formula is C25H25BrFNO4. The molecule has 5 nitrogen and oxygen atoms in total. The number of hydrogen-bond donors (Lipinski definition) is 2. The van der Waals surface area contributed by atoms with E-state index in [2.05, 4.69) is 27.3 Å². The van der Waals surface area contributed by atoms with Crippen LogP contribution in [0.4, 0.5) is 10.1 Å². The summed E-state index contributed by atoms with van der Waals surface area (Å²) in [5, 5.41) is 11.6. The highest BCUT2D eigenvalue weighted by Gasteiger charge is 2.33. The highest BCUT2D eigenvalue weighted by atomic mass is 79.9. The van der Waals surface area contributed by atoms with Crippen LogP contribution in [0.5, 0.6) is 5.75 Å². The summed E-state index contributed by atoms with van der Waals surface area (Å²) in [6.07, 6.45) is 8.03. The summed E-state index contributed by atoms with van der Waals surface area (Å²) in [4.78, 5) is 24.0. The van der Waals surface area contributed by atoms with Crippen LogP contribution in [-0.2, 0) is 0 Å². The van der Waals surface area contributed by atoms with Gasteiger partial charge in [-0.15, -0.1) is 0 Å².